The molecule has 64 valence electrons. The zero-order valence-electron chi connectivity index (χ0n) is 7.61. The van der Waals surface area contributed by atoms with Gasteiger partial charge < -0.3 is 0 Å². The summed E-state index contributed by atoms with van der Waals surface area (Å²) in [6.45, 7) is 6.64. The highest BCUT2D eigenvalue weighted by atomic mass is 19.2. The molecular formula is C7H19FN2. The van der Waals surface area contributed by atoms with E-state index in [9.17, 15) is 4.48 Å². The van der Waals surface area contributed by atoms with Crippen molar-refractivity contribution in [2.24, 2.45) is 5.92 Å². The second-order valence-corrected chi connectivity index (χ2v) is 2.50. The molecule has 0 saturated heterocycles. The molecule has 0 aromatic carbocycles. The quantitative estimate of drug-likeness (QED) is 0.478. The predicted molar refractivity (Wildman–Crippen MR) is 43.1 cm³/mol. The summed E-state index contributed by atoms with van der Waals surface area (Å²) in [7, 11) is 2.78. The summed E-state index contributed by atoms with van der Waals surface area (Å²) in [6, 6.07) is 0. The summed E-state index contributed by atoms with van der Waals surface area (Å²) in [5.41, 5.74) is 2.19. The first-order valence-corrected chi connectivity index (χ1v) is 3.61. The summed E-state index contributed by atoms with van der Waals surface area (Å²) in [5.74, 6) is 0.884. The van der Waals surface area contributed by atoms with Crippen LogP contribution in [0.2, 0.25) is 0 Å². The van der Waals surface area contributed by atoms with E-state index >= 15 is 0 Å². The molecule has 0 aliphatic rings. The molecule has 10 heavy (non-hydrogen) atoms. The van der Waals surface area contributed by atoms with Gasteiger partial charge in [-0.2, -0.15) is 0 Å². The van der Waals surface area contributed by atoms with E-state index in [1.807, 2.05) is 0 Å². The molecule has 0 fully saturated rings. The fourth-order valence-corrected chi connectivity index (χ4v) is 0. The fourth-order valence-electron chi connectivity index (χ4n) is 0. The van der Waals surface area contributed by atoms with Gasteiger partial charge in [-0.1, -0.05) is 32.4 Å². The van der Waals surface area contributed by atoms with Crippen LogP contribution in [0.15, 0.2) is 0 Å². The maximum absolute atomic E-state index is 11.2. The van der Waals surface area contributed by atoms with E-state index in [0.29, 0.717) is 5.23 Å². The predicted octanol–water partition coefficient (Wildman–Crippen LogP) is 1.99. The topological polar surface area (TPSA) is 15.3 Å². The number of hydrogen-bond donors (Lipinski definition) is 1. The van der Waals surface area contributed by atoms with Crippen LogP contribution in [0.4, 0.5) is 4.48 Å². The van der Waals surface area contributed by atoms with Crippen LogP contribution in [0.3, 0.4) is 0 Å². The minimum Gasteiger partial charge on any atom is -0.231 e. The number of hydrogen-bond acceptors (Lipinski definition) is 2. The molecule has 0 aromatic rings. The van der Waals surface area contributed by atoms with Gasteiger partial charge in [0.2, 0.25) is 0 Å². The first kappa shape index (κ1) is 12.5. The Labute approximate surface area is 63.3 Å². The largest absolute Gasteiger partial charge is 0.231 e. The highest BCUT2D eigenvalue weighted by Gasteiger charge is 1.80. The Balaban J connectivity index is 0. The van der Waals surface area contributed by atoms with Crippen molar-refractivity contribution < 1.29 is 4.48 Å². The van der Waals surface area contributed by atoms with Crippen LogP contribution in [-0.2, 0) is 0 Å². The molecule has 0 heterocycles. The molecule has 0 saturated carbocycles. The monoisotopic (exact) mass is 150 g/mol. The molecule has 3 heteroatoms. The lowest BCUT2D eigenvalue weighted by atomic mass is 10.2. The Kier molecular flexibility index (Phi) is 11.1. The van der Waals surface area contributed by atoms with Crippen LogP contribution >= 0.6 is 0 Å². The lowest BCUT2D eigenvalue weighted by molar-refractivity contribution is 0.00983. The van der Waals surface area contributed by atoms with E-state index in [1.165, 1.54) is 20.5 Å². The van der Waals surface area contributed by atoms with Crippen molar-refractivity contribution in [1.82, 2.24) is 10.7 Å². The molecule has 0 spiro atoms. The van der Waals surface area contributed by atoms with Crippen molar-refractivity contribution >= 4 is 0 Å². The Morgan fingerprint density at radius 2 is 1.70 bits per heavy atom. The third-order valence-corrected chi connectivity index (χ3v) is 1.12. The molecule has 0 aliphatic heterocycles. The Hall–Kier alpha value is -0.150. The fraction of sp³-hybridized carbons (Fsp3) is 1.00. The summed E-state index contributed by atoms with van der Waals surface area (Å²) < 4.78 is 11.2. The van der Waals surface area contributed by atoms with Gasteiger partial charge >= 0.3 is 0 Å². The Morgan fingerprint density at radius 1 is 1.50 bits per heavy atom. The van der Waals surface area contributed by atoms with Crippen LogP contribution in [-0.4, -0.2) is 19.3 Å². The highest BCUT2D eigenvalue weighted by molar-refractivity contribution is 4.32. The van der Waals surface area contributed by atoms with Gasteiger partial charge in [0, 0.05) is 14.1 Å². The van der Waals surface area contributed by atoms with Crippen molar-refractivity contribution in [2.45, 2.75) is 27.2 Å². The van der Waals surface area contributed by atoms with E-state index in [-0.39, 0.29) is 0 Å². The van der Waals surface area contributed by atoms with Gasteiger partial charge in [0.05, 0.1) is 0 Å². The number of nitrogens with zero attached hydrogens (tertiary/aromatic N) is 1. The van der Waals surface area contributed by atoms with Gasteiger partial charge in [-0.3, -0.25) is 0 Å². The smallest absolute Gasteiger partial charge is 0.0339 e. The summed E-state index contributed by atoms with van der Waals surface area (Å²) in [6.07, 6.45) is 1.31. The van der Waals surface area contributed by atoms with E-state index in [2.05, 4.69) is 26.2 Å². The van der Waals surface area contributed by atoms with Gasteiger partial charge in [-0.25, -0.2) is 5.43 Å². The van der Waals surface area contributed by atoms with Gasteiger partial charge in [0.1, 0.15) is 0 Å². The molecule has 0 amide bonds. The molecule has 0 atom stereocenters. The maximum Gasteiger partial charge on any atom is 0.0339 e. The molecule has 0 radical (unpaired) electrons. The summed E-state index contributed by atoms with van der Waals surface area (Å²) in [5, 5.41) is 0.375. The molecule has 0 bridgehead atoms. The number of hydrazine groups is 1. The summed E-state index contributed by atoms with van der Waals surface area (Å²) in [4.78, 5) is 0. The van der Waals surface area contributed by atoms with Crippen molar-refractivity contribution in [3.63, 3.8) is 0 Å². The minimum absolute atomic E-state index is 0.375. The number of nitrogens with one attached hydrogen (secondary N) is 1. The highest BCUT2D eigenvalue weighted by Crippen LogP contribution is 1.93. The van der Waals surface area contributed by atoms with Crippen molar-refractivity contribution in [2.75, 3.05) is 14.1 Å². The molecule has 0 unspecified atom stereocenters. The Bertz CT molecular complexity index is 47.6. The third-order valence-electron chi connectivity index (χ3n) is 1.12. The average molecular weight is 150 g/mol. The first-order chi connectivity index (χ1) is 4.54. The van der Waals surface area contributed by atoms with Crippen molar-refractivity contribution in [3.05, 3.63) is 0 Å². The maximum atomic E-state index is 11.2. The second kappa shape index (κ2) is 8.85. The molecule has 0 aliphatic carbocycles. The number of halogens is 1. The lowest BCUT2D eigenvalue weighted by Gasteiger charge is -1.95. The SMILES string of the molecule is CCC(C)C.CNN(C)F. The van der Waals surface area contributed by atoms with Crippen LogP contribution in [0.1, 0.15) is 27.2 Å². The van der Waals surface area contributed by atoms with E-state index in [4.69, 9.17) is 0 Å². The lowest BCUT2D eigenvalue weighted by Crippen LogP contribution is -2.20. The van der Waals surface area contributed by atoms with E-state index in [0.717, 1.165) is 5.92 Å². The third kappa shape index (κ3) is 24.9. The van der Waals surface area contributed by atoms with Crippen molar-refractivity contribution in [1.29, 1.82) is 0 Å². The normalized spacial score (nSPS) is 9.60. The Morgan fingerprint density at radius 3 is 1.70 bits per heavy atom. The first-order valence-electron chi connectivity index (χ1n) is 3.61. The van der Waals surface area contributed by atoms with Gasteiger partial charge in [-0.15, -0.1) is 4.48 Å². The number of rotatable bonds is 2. The van der Waals surface area contributed by atoms with Crippen LogP contribution in [0.5, 0.6) is 0 Å². The van der Waals surface area contributed by atoms with E-state index in [1.54, 1.807) is 0 Å². The van der Waals surface area contributed by atoms with Crippen LogP contribution in [0, 0.1) is 5.92 Å². The molecule has 0 aromatic heterocycles. The average Bonchev–Trinajstić information content (AvgIpc) is 1.89. The molecule has 1 N–H and O–H groups in total. The minimum atomic E-state index is 0.375. The van der Waals surface area contributed by atoms with Gasteiger partial charge in [0.25, 0.3) is 0 Å². The van der Waals surface area contributed by atoms with Gasteiger partial charge in [0.15, 0.2) is 0 Å². The van der Waals surface area contributed by atoms with Gasteiger partial charge in [-0.05, 0) is 5.92 Å². The van der Waals surface area contributed by atoms with Crippen LogP contribution < -0.4 is 5.43 Å². The van der Waals surface area contributed by atoms with Crippen LogP contribution in [0.25, 0.3) is 0 Å². The zero-order valence-corrected chi connectivity index (χ0v) is 7.61. The molecule has 0 rings (SSSR count). The van der Waals surface area contributed by atoms with Crippen molar-refractivity contribution in [3.8, 4) is 0 Å². The zero-order chi connectivity index (χ0) is 8.57. The molecule has 2 nitrogen and oxygen atoms in total. The second-order valence-electron chi connectivity index (χ2n) is 2.50. The van der Waals surface area contributed by atoms with E-state index < -0.39 is 0 Å². The standard InChI is InChI=1S/C5H12.C2H7FN2/c2*1-4-5(2)3/h5H,4H2,1-3H3;4H,1-2H3. The molecular weight excluding hydrogens is 131 g/mol. The summed E-state index contributed by atoms with van der Waals surface area (Å²) >= 11 is 0.